The van der Waals surface area contributed by atoms with Gasteiger partial charge in [0.05, 0.1) is 11.7 Å². The second-order valence-corrected chi connectivity index (χ2v) is 8.05. The van der Waals surface area contributed by atoms with Crippen LogP contribution in [0.4, 0.5) is 5.69 Å². The lowest BCUT2D eigenvalue weighted by Gasteiger charge is -2.30. The molecule has 0 radical (unpaired) electrons. The molecule has 9 nitrogen and oxygen atoms in total. The highest BCUT2D eigenvalue weighted by Crippen LogP contribution is 2.26. The molecule has 2 heterocycles. The fraction of sp³-hybridized carbons (Fsp3) is 0.500. The Balaban J connectivity index is 1.88. The van der Waals surface area contributed by atoms with Crippen LogP contribution in [0.5, 0.6) is 5.75 Å². The molecule has 0 bridgehead atoms. The largest absolute Gasteiger partial charge is 0.491 e. The summed E-state index contributed by atoms with van der Waals surface area (Å²) in [7, 11) is 3.39. The summed E-state index contributed by atoms with van der Waals surface area (Å²) in [5.74, 6) is 0.579. The average Bonchev–Trinajstić information content (AvgIpc) is 3.19. The summed E-state index contributed by atoms with van der Waals surface area (Å²) in [5.41, 5.74) is 0.998. The summed E-state index contributed by atoms with van der Waals surface area (Å²) in [6.45, 7) is 7.42. The van der Waals surface area contributed by atoms with Crippen molar-refractivity contribution in [3.8, 4) is 5.75 Å². The lowest BCUT2D eigenvalue weighted by molar-refractivity contribution is 0.0281. The van der Waals surface area contributed by atoms with Crippen LogP contribution in [0.25, 0.3) is 0 Å². The minimum Gasteiger partial charge on any atom is -0.491 e. The number of carbonyl (C=O) groups is 2. The van der Waals surface area contributed by atoms with Crippen molar-refractivity contribution in [3.05, 3.63) is 41.3 Å². The maximum atomic E-state index is 13.2. The third-order valence-electron chi connectivity index (χ3n) is 5.34. The number of benzene rings is 1. The fourth-order valence-electron chi connectivity index (χ4n) is 3.41. The molecule has 3 rings (SSSR count). The van der Waals surface area contributed by atoms with Gasteiger partial charge in [-0.2, -0.15) is 0 Å². The zero-order valence-corrected chi connectivity index (χ0v) is 18.6. The first kappa shape index (κ1) is 22.8. The Labute approximate surface area is 182 Å². The number of likely N-dealkylation sites (N-methyl/N-ethyl adjacent to an activating group) is 1. The molecule has 1 aromatic heterocycles. The molecule has 0 saturated heterocycles. The van der Waals surface area contributed by atoms with Gasteiger partial charge >= 0.3 is 0 Å². The zero-order chi connectivity index (χ0) is 22.5. The number of hydrogen-bond donors (Lipinski definition) is 2. The van der Waals surface area contributed by atoms with Crippen LogP contribution in [0.1, 0.15) is 40.5 Å². The van der Waals surface area contributed by atoms with Crippen molar-refractivity contribution < 1.29 is 23.6 Å². The summed E-state index contributed by atoms with van der Waals surface area (Å²) >= 11 is 0. The number of fused-ring (bicyclic) bond motifs is 1. The number of nitrogens with one attached hydrogen (secondary N) is 2. The van der Waals surface area contributed by atoms with Gasteiger partial charge in [0.1, 0.15) is 18.1 Å². The van der Waals surface area contributed by atoms with Gasteiger partial charge in [0.25, 0.3) is 11.8 Å². The number of aryl methyl sites for hydroxylation is 1. The van der Waals surface area contributed by atoms with Crippen molar-refractivity contribution in [1.82, 2.24) is 15.4 Å². The lowest BCUT2D eigenvalue weighted by atomic mass is 10.0. The standard InChI is InChI=1S/C22H30N4O5/c1-13-10-23-14(2)12-30-19-7-6-16(24-21(27)18-8-15(3)31-25-18)9-17(19)22(28)26(4)11-20(13)29-5/h6-9,13-14,20,23H,10-12H2,1-5H3,(H,24,27)/t13-,14+,20-/m0/s1. The monoisotopic (exact) mass is 430 g/mol. The minimum absolute atomic E-state index is 0.0925. The van der Waals surface area contributed by atoms with Crippen LogP contribution in [-0.4, -0.2) is 67.9 Å². The van der Waals surface area contributed by atoms with E-state index in [0.717, 1.165) is 6.54 Å². The second-order valence-electron chi connectivity index (χ2n) is 8.05. The van der Waals surface area contributed by atoms with Crippen LogP contribution in [0.15, 0.2) is 28.8 Å². The Morgan fingerprint density at radius 3 is 2.77 bits per heavy atom. The number of rotatable bonds is 3. The summed E-state index contributed by atoms with van der Waals surface area (Å²) in [4.78, 5) is 27.3. The third-order valence-corrected chi connectivity index (χ3v) is 5.34. The number of nitrogens with zero attached hydrogens (tertiary/aromatic N) is 2. The summed E-state index contributed by atoms with van der Waals surface area (Å²) < 4.78 is 16.5. The molecular weight excluding hydrogens is 400 g/mol. The van der Waals surface area contributed by atoms with Gasteiger partial charge in [0.2, 0.25) is 0 Å². The van der Waals surface area contributed by atoms with Crippen LogP contribution >= 0.6 is 0 Å². The number of amides is 2. The highest BCUT2D eigenvalue weighted by molar-refractivity contribution is 6.04. The zero-order valence-electron chi connectivity index (χ0n) is 18.6. The van der Waals surface area contributed by atoms with E-state index in [1.54, 1.807) is 50.2 Å². The number of ether oxygens (including phenoxy) is 2. The Kier molecular flexibility index (Phi) is 7.29. The number of hydrogen-bond acceptors (Lipinski definition) is 7. The molecule has 2 aromatic rings. The molecule has 0 spiro atoms. The molecule has 0 fully saturated rings. The van der Waals surface area contributed by atoms with Crippen molar-refractivity contribution in [2.45, 2.75) is 32.9 Å². The van der Waals surface area contributed by atoms with E-state index in [1.807, 2.05) is 6.92 Å². The molecule has 0 aliphatic carbocycles. The molecule has 168 valence electrons. The molecule has 2 N–H and O–H groups in total. The van der Waals surface area contributed by atoms with E-state index in [-0.39, 0.29) is 29.7 Å². The fourth-order valence-corrected chi connectivity index (χ4v) is 3.41. The molecule has 1 aliphatic heterocycles. The summed E-state index contributed by atoms with van der Waals surface area (Å²) in [6, 6.07) is 6.65. The lowest BCUT2D eigenvalue weighted by Crippen LogP contribution is -2.44. The van der Waals surface area contributed by atoms with E-state index in [2.05, 4.69) is 22.7 Å². The van der Waals surface area contributed by atoms with Crippen LogP contribution < -0.4 is 15.4 Å². The molecule has 0 saturated carbocycles. The van der Waals surface area contributed by atoms with Gasteiger partial charge in [-0.25, -0.2) is 0 Å². The maximum Gasteiger partial charge on any atom is 0.277 e. The molecule has 2 amide bonds. The number of aromatic nitrogens is 1. The first-order valence-electron chi connectivity index (χ1n) is 10.3. The average molecular weight is 431 g/mol. The van der Waals surface area contributed by atoms with Crippen molar-refractivity contribution in [2.24, 2.45) is 5.92 Å². The van der Waals surface area contributed by atoms with Crippen molar-refractivity contribution >= 4 is 17.5 Å². The van der Waals surface area contributed by atoms with Crippen LogP contribution in [0.2, 0.25) is 0 Å². The van der Waals surface area contributed by atoms with Crippen molar-refractivity contribution in [1.29, 1.82) is 0 Å². The second kappa shape index (κ2) is 9.93. The van der Waals surface area contributed by atoms with E-state index in [0.29, 0.717) is 35.9 Å². The molecule has 1 aliphatic rings. The Morgan fingerprint density at radius 1 is 1.32 bits per heavy atom. The van der Waals surface area contributed by atoms with Crippen molar-refractivity contribution in [2.75, 3.05) is 39.2 Å². The first-order chi connectivity index (χ1) is 14.8. The van der Waals surface area contributed by atoms with Crippen LogP contribution in [-0.2, 0) is 4.74 Å². The van der Waals surface area contributed by atoms with Crippen LogP contribution in [0, 0.1) is 12.8 Å². The van der Waals surface area contributed by atoms with Gasteiger partial charge in [-0.15, -0.1) is 0 Å². The normalized spacial score (nSPS) is 22.7. The van der Waals surface area contributed by atoms with Gasteiger partial charge in [0.15, 0.2) is 5.69 Å². The number of methoxy groups -OCH3 is 1. The van der Waals surface area contributed by atoms with E-state index < -0.39 is 5.91 Å². The van der Waals surface area contributed by atoms with Gasteiger partial charge in [0, 0.05) is 45.0 Å². The van der Waals surface area contributed by atoms with Gasteiger partial charge < -0.3 is 29.5 Å². The molecule has 1 aromatic carbocycles. The number of carbonyl (C=O) groups excluding carboxylic acids is 2. The van der Waals surface area contributed by atoms with Gasteiger partial charge in [-0.05, 0) is 38.0 Å². The molecule has 0 unspecified atom stereocenters. The highest BCUT2D eigenvalue weighted by Gasteiger charge is 2.26. The minimum atomic E-state index is -0.419. The van der Waals surface area contributed by atoms with E-state index in [9.17, 15) is 9.59 Å². The van der Waals surface area contributed by atoms with Gasteiger partial charge in [-0.1, -0.05) is 12.1 Å². The predicted octanol–water partition coefficient (Wildman–Crippen LogP) is 2.33. The van der Waals surface area contributed by atoms with E-state index in [4.69, 9.17) is 14.0 Å². The number of anilines is 1. The molecule has 31 heavy (non-hydrogen) atoms. The Hall–Kier alpha value is -2.91. The van der Waals surface area contributed by atoms with Crippen molar-refractivity contribution in [3.63, 3.8) is 0 Å². The Bertz CT molecular complexity index is 928. The SMILES string of the molecule is CO[C@H]1CN(C)C(=O)c2cc(NC(=O)c3cc(C)on3)ccc2OC[C@@H](C)NC[C@@H]1C. The van der Waals surface area contributed by atoms with E-state index in [1.165, 1.54) is 0 Å². The molecule has 3 atom stereocenters. The smallest absolute Gasteiger partial charge is 0.277 e. The summed E-state index contributed by atoms with van der Waals surface area (Å²) in [6.07, 6.45) is -0.115. The summed E-state index contributed by atoms with van der Waals surface area (Å²) in [5, 5.41) is 9.92. The Morgan fingerprint density at radius 2 is 2.10 bits per heavy atom. The van der Waals surface area contributed by atoms with E-state index >= 15 is 0 Å². The maximum absolute atomic E-state index is 13.2. The quantitative estimate of drug-likeness (QED) is 0.770. The molecular formula is C22H30N4O5. The van der Waals surface area contributed by atoms with Gasteiger partial charge in [-0.3, -0.25) is 9.59 Å². The topological polar surface area (TPSA) is 106 Å². The third kappa shape index (κ3) is 5.62. The van der Waals surface area contributed by atoms with Crippen LogP contribution in [0.3, 0.4) is 0 Å². The highest BCUT2D eigenvalue weighted by atomic mass is 16.5. The molecule has 9 heteroatoms. The first-order valence-corrected chi connectivity index (χ1v) is 10.3. The predicted molar refractivity (Wildman–Crippen MR) is 116 cm³/mol.